The van der Waals surface area contributed by atoms with Crippen molar-refractivity contribution in [1.29, 1.82) is 0 Å². The van der Waals surface area contributed by atoms with E-state index in [2.05, 4.69) is 292 Å². The van der Waals surface area contributed by atoms with Gasteiger partial charge in [-0.15, -0.1) is 0 Å². The molecule has 0 aliphatic heterocycles. The lowest BCUT2D eigenvalue weighted by atomic mass is 9.79. The summed E-state index contributed by atoms with van der Waals surface area (Å²) in [4.78, 5) is 4.82. The topological polar surface area (TPSA) is 32.8 Å². The Hall–Kier alpha value is -10.2. The van der Waals surface area contributed by atoms with Crippen LogP contribution in [0.25, 0.3) is 110 Å². The minimum absolute atomic E-state index is 0.419. The summed E-state index contributed by atoms with van der Waals surface area (Å²) in [5.74, 6) is 0. The molecule has 0 spiro atoms. The van der Waals surface area contributed by atoms with Crippen molar-refractivity contribution in [3.05, 3.63) is 277 Å². The third-order valence-corrected chi connectivity index (χ3v) is 17.5. The van der Waals surface area contributed by atoms with Crippen molar-refractivity contribution in [2.24, 2.45) is 0 Å². The van der Waals surface area contributed by atoms with Gasteiger partial charge in [-0.05, 0) is 140 Å². The zero-order valence-corrected chi connectivity index (χ0v) is 45.5. The molecule has 0 atom stereocenters. The molecule has 0 saturated carbocycles. The molecule has 13 aromatic carbocycles. The fourth-order valence-electron chi connectivity index (χ4n) is 13.8. The van der Waals surface area contributed by atoms with Gasteiger partial charge in [-0.25, -0.2) is 0 Å². The van der Waals surface area contributed by atoms with Crippen molar-refractivity contribution in [2.45, 2.75) is 33.1 Å². The van der Waals surface area contributed by atoms with Crippen LogP contribution in [-0.2, 0) is 5.41 Å². The van der Waals surface area contributed by atoms with Crippen molar-refractivity contribution < 1.29 is 8.83 Å². The Morgan fingerprint density at radius 1 is 0.284 bits per heavy atom. The van der Waals surface area contributed by atoms with Gasteiger partial charge in [0.15, 0.2) is 11.2 Å². The van der Waals surface area contributed by atoms with E-state index in [1.807, 2.05) is 0 Å². The summed E-state index contributed by atoms with van der Waals surface area (Å²) in [6.07, 6.45) is 0. The van der Waals surface area contributed by atoms with Gasteiger partial charge in [0.25, 0.3) is 0 Å². The lowest BCUT2D eigenvalue weighted by Crippen LogP contribution is -2.17. The molecule has 0 saturated heterocycles. The van der Waals surface area contributed by atoms with E-state index in [9.17, 15) is 0 Å². The van der Waals surface area contributed by atoms with E-state index in [1.54, 1.807) is 0 Å². The second-order valence-electron chi connectivity index (χ2n) is 22.4. The SMILES string of the molecule is Cc1ccccc1-c1cccc2c1oc1c(N(c3ccccc3)c3ccc4c5c(c6ccccc6c4c3)-c3c(cc(N(c4ccccc4)c4cccc6c4oc4c(-c7ccccc7C)cccc46)c4ccccc34)C5(C)C)cccc12. The lowest BCUT2D eigenvalue weighted by Gasteiger charge is -2.30. The number of nitrogens with zero attached hydrogens (tertiary/aromatic N) is 2. The molecule has 2 aromatic heterocycles. The molecule has 15 aromatic rings. The Labute approximate surface area is 470 Å². The molecule has 1 aliphatic rings. The maximum absolute atomic E-state index is 7.23. The molecular formula is C77H54N2O2. The van der Waals surface area contributed by atoms with Crippen molar-refractivity contribution in [1.82, 2.24) is 0 Å². The molecule has 2 heterocycles. The normalized spacial score (nSPS) is 12.8. The smallest absolute Gasteiger partial charge is 0.159 e. The van der Waals surface area contributed by atoms with Crippen molar-refractivity contribution in [3.8, 4) is 33.4 Å². The van der Waals surface area contributed by atoms with Crippen LogP contribution in [0.3, 0.4) is 0 Å². The Morgan fingerprint density at radius 3 is 1.28 bits per heavy atom. The van der Waals surface area contributed by atoms with Crippen LogP contribution in [0.5, 0.6) is 0 Å². The maximum Gasteiger partial charge on any atom is 0.159 e. The molecule has 4 heteroatoms. The number of para-hydroxylation sites is 6. The number of hydrogen-bond acceptors (Lipinski definition) is 4. The first-order chi connectivity index (χ1) is 39.8. The van der Waals surface area contributed by atoms with Crippen LogP contribution < -0.4 is 9.80 Å². The predicted octanol–water partition coefficient (Wildman–Crippen LogP) is 22.1. The second kappa shape index (κ2) is 17.9. The number of aryl methyl sites for hydroxylation is 2. The highest BCUT2D eigenvalue weighted by molar-refractivity contribution is 6.24. The highest BCUT2D eigenvalue weighted by Gasteiger charge is 2.41. The lowest BCUT2D eigenvalue weighted by molar-refractivity contribution is 0.666. The van der Waals surface area contributed by atoms with Gasteiger partial charge >= 0.3 is 0 Å². The van der Waals surface area contributed by atoms with Gasteiger partial charge in [-0.3, -0.25) is 0 Å². The minimum Gasteiger partial charge on any atom is -0.453 e. The van der Waals surface area contributed by atoms with Crippen LogP contribution in [0.4, 0.5) is 34.1 Å². The number of fused-ring (bicyclic) bond motifs is 16. The van der Waals surface area contributed by atoms with E-state index in [-0.39, 0.29) is 0 Å². The Balaban J connectivity index is 0.909. The minimum atomic E-state index is -0.419. The van der Waals surface area contributed by atoms with E-state index >= 15 is 0 Å². The van der Waals surface area contributed by atoms with Gasteiger partial charge in [0.1, 0.15) is 11.2 Å². The summed E-state index contributed by atoms with van der Waals surface area (Å²) in [6.45, 7) is 9.21. The summed E-state index contributed by atoms with van der Waals surface area (Å²) in [5.41, 5.74) is 21.5. The van der Waals surface area contributed by atoms with Crippen LogP contribution in [0, 0.1) is 13.8 Å². The highest BCUT2D eigenvalue weighted by Crippen LogP contribution is 2.60. The molecule has 0 radical (unpaired) electrons. The first-order valence-electron chi connectivity index (χ1n) is 28.1. The van der Waals surface area contributed by atoms with Crippen LogP contribution in [0.2, 0.25) is 0 Å². The zero-order valence-electron chi connectivity index (χ0n) is 45.5. The molecule has 384 valence electrons. The molecule has 16 rings (SSSR count). The molecule has 0 N–H and O–H groups in total. The van der Waals surface area contributed by atoms with Gasteiger partial charge < -0.3 is 18.6 Å². The van der Waals surface area contributed by atoms with Crippen molar-refractivity contribution in [3.63, 3.8) is 0 Å². The Morgan fingerprint density at radius 2 is 0.716 bits per heavy atom. The van der Waals surface area contributed by atoms with E-state index < -0.39 is 5.41 Å². The molecule has 0 unspecified atom stereocenters. The quantitative estimate of drug-likeness (QED) is 0.142. The van der Waals surface area contributed by atoms with Gasteiger partial charge in [0.2, 0.25) is 0 Å². The van der Waals surface area contributed by atoms with Gasteiger partial charge in [0.05, 0.1) is 17.1 Å². The average molecular weight is 1040 g/mol. The van der Waals surface area contributed by atoms with Gasteiger partial charge in [-0.2, -0.15) is 0 Å². The Bertz CT molecular complexity index is 5060. The van der Waals surface area contributed by atoms with E-state index in [4.69, 9.17) is 8.83 Å². The summed E-state index contributed by atoms with van der Waals surface area (Å²) >= 11 is 0. The van der Waals surface area contributed by atoms with Crippen molar-refractivity contribution >= 4 is 110 Å². The third-order valence-electron chi connectivity index (χ3n) is 17.5. The molecule has 81 heavy (non-hydrogen) atoms. The molecule has 0 bridgehead atoms. The number of benzene rings is 13. The summed E-state index contributed by atoms with van der Waals surface area (Å²) in [5, 5.41) is 11.7. The van der Waals surface area contributed by atoms with E-state index in [1.165, 1.54) is 76.8 Å². The summed E-state index contributed by atoms with van der Waals surface area (Å²) in [6, 6.07) is 92.7. The maximum atomic E-state index is 7.23. The molecule has 0 fully saturated rings. The highest BCUT2D eigenvalue weighted by atomic mass is 16.3. The fourth-order valence-corrected chi connectivity index (χ4v) is 13.8. The number of furan rings is 2. The Kier molecular flexibility index (Phi) is 10.4. The average Bonchev–Trinajstić information content (AvgIpc) is 4.34. The van der Waals surface area contributed by atoms with Gasteiger partial charge in [0, 0.05) is 60.5 Å². The molecule has 0 amide bonds. The number of anilines is 6. The fraction of sp³-hybridized carbons (Fsp3) is 0.0649. The standard InChI is InChI=1S/C77H54N2O2/c1-47-23-11-13-29-52(47)59-35-19-37-61-63-39-21-41-67(75(63)80-73(59)61)78(49-25-7-5-8-26-49)51-43-44-58-65(45-51)54-31-15-17-33-56(54)71-70-57-34-18-16-32-55(57)69(46-66(70)77(3,4)72(58)71)79(50-27-9-6-10-28-50)68-42-22-40-64-62-38-20-36-60(74(62)81-76(64)68)53-30-14-12-24-48(53)2/h5-46H,1-4H3. The summed E-state index contributed by atoms with van der Waals surface area (Å²) in [7, 11) is 0. The number of hydrogen-bond donors (Lipinski definition) is 0. The molecule has 1 aliphatic carbocycles. The van der Waals surface area contributed by atoms with Crippen LogP contribution >= 0.6 is 0 Å². The van der Waals surface area contributed by atoms with E-state index in [0.29, 0.717) is 0 Å². The molecule has 4 nitrogen and oxygen atoms in total. The predicted molar refractivity (Wildman–Crippen MR) is 341 cm³/mol. The molecular weight excluding hydrogens is 985 g/mol. The van der Waals surface area contributed by atoms with Crippen molar-refractivity contribution in [2.75, 3.05) is 9.80 Å². The van der Waals surface area contributed by atoms with Crippen LogP contribution in [-0.4, -0.2) is 0 Å². The summed E-state index contributed by atoms with van der Waals surface area (Å²) < 4.78 is 14.4. The first kappa shape index (κ1) is 46.9. The van der Waals surface area contributed by atoms with Crippen LogP contribution in [0.1, 0.15) is 36.1 Å². The van der Waals surface area contributed by atoms with Gasteiger partial charge in [-0.1, -0.05) is 214 Å². The second-order valence-corrected chi connectivity index (χ2v) is 22.4. The number of rotatable bonds is 8. The third kappa shape index (κ3) is 6.96. The monoisotopic (exact) mass is 1040 g/mol. The first-order valence-corrected chi connectivity index (χ1v) is 28.1. The van der Waals surface area contributed by atoms with Crippen LogP contribution in [0.15, 0.2) is 264 Å². The zero-order chi connectivity index (χ0) is 54.1. The largest absolute Gasteiger partial charge is 0.453 e. The van der Waals surface area contributed by atoms with E-state index in [0.717, 1.165) is 89.1 Å².